The van der Waals surface area contributed by atoms with E-state index in [1.807, 2.05) is 18.2 Å². The molecule has 0 heterocycles. The second kappa shape index (κ2) is 5.63. The second-order valence-electron chi connectivity index (χ2n) is 5.35. The van der Waals surface area contributed by atoms with Crippen LogP contribution in [0.1, 0.15) is 44.1 Å². The van der Waals surface area contributed by atoms with Crippen LogP contribution in [0.4, 0.5) is 4.39 Å². The third kappa shape index (κ3) is 3.81. The van der Waals surface area contributed by atoms with Crippen molar-refractivity contribution in [1.82, 2.24) is 0 Å². The van der Waals surface area contributed by atoms with Crippen LogP contribution in [0.3, 0.4) is 0 Å². The van der Waals surface area contributed by atoms with Crippen molar-refractivity contribution in [2.45, 2.75) is 56.7 Å². The van der Waals surface area contributed by atoms with Gasteiger partial charge in [0, 0.05) is 6.04 Å². The Morgan fingerprint density at radius 3 is 2.76 bits per heavy atom. The first-order chi connectivity index (χ1) is 8.18. The minimum atomic E-state index is -0.994. The average Bonchev–Trinajstić information content (AvgIpc) is 2.30. The molecule has 0 aliphatic heterocycles. The van der Waals surface area contributed by atoms with E-state index in [4.69, 9.17) is 5.73 Å². The largest absolute Gasteiger partial charge is 0.328 e. The molecule has 0 amide bonds. The molecule has 2 rings (SSSR count). The predicted octanol–water partition coefficient (Wildman–Crippen LogP) is 3.62. The molecule has 1 saturated carbocycles. The third-order valence-corrected chi connectivity index (χ3v) is 3.76. The molecule has 0 saturated heterocycles. The summed E-state index contributed by atoms with van der Waals surface area (Å²) < 4.78 is 14.4. The molecule has 2 heteroatoms. The van der Waals surface area contributed by atoms with Gasteiger partial charge >= 0.3 is 0 Å². The predicted molar refractivity (Wildman–Crippen MR) is 69.7 cm³/mol. The second-order valence-corrected chi connectivity index (χ2v) is 5.35. The number of rotatable bonds is 4. The van der Waals surface area contributed by atoms with Crippen LogP contribution in [-0.2, 0) is 6.42 Å². The summed E-state index contributed by atoms with van der Waals surface area (Å²) >= 11 is 0. The van der Waals surface area contributed by atoms with Crippen molar-refractivity contribution in [2.24, 2.45) is 5.73 Å². The molecule has 94 valence electrons. The van der Waals surface area contributed by atoms with Crippen molar-refractivity contribution in [1.29, 1.82) is 0 Å². The molecule has 1 aromatic rings. The van der Waals surface area contributed by atoms with Gasteiger partial charge in [0.05, 0.1) is 0 Å². The lowest BCUT2D eigenvalue weighted by Crippen LogP contribution is -2.38. The molecule has 2 N–H and O–H groups in total. The Balaban J connectivity index is 1.78. The molecule has 1 nitrogen and oxygen atoms in total. The molecule has 0 spiro atoms. The number of alkyl halides is 1. The van der Waals surface area contributed by atoms with Gasteiger partial charge in [0.2, 0.25) is 0 Å². The maximum atomic E-state index is 14.4. The van der Waals surface area contributed by atoms with Crippen LogP contribution in [-0.4, -0.2) is 11.7 Å². The Labute approximate surface area is 103 Å². The normalized spacial score (nSPS) is 29.2. The van der Waals surface area contributed by atoms with Crippen LogP contribution in [0.25, 0.3) is 0 Å². The van der Waals surface area contributed by atoms with Gasteiger partial charge in [0.1, 0.15) is 5.67 Å². The number of halogens is 1. The number of aryl methyl sites for hydroxylation is 1. The van der Waals surface area contributed by atoms with E-state index < -0.39 is 5.67 Å². The lowest BCUT2D eigenvalue weighted by molar-refractivity contribution is 0.0839. The molecule has 2 unspecified atom stereocenters. The first-order valence-electron chi connectivity index (χ1n) is 6.66. The van der Waals surface area contributed by atoms with E-state index in [1.165, 1.54) is 5.56 Å². The Morgan fingerprint density at radius 2 is 2.06 bits per heavy atom. The summed E-state index contributed by atoms with van der Waals surface area (Å²) in [5.41, 5.74) is 6.16. The van der Waals surface area contributed by atoms with Gasteiger partial charge in [-0.3, -0.25) is 0 Å². The van der Waals surface area contributed by atoms with E-state index >= 15 is 0 Å². The van der Waals surface area contributed by atoms with Gasteiger partial charge in [0.15, 0.2) is 0 Å². The number of hydrogen-bond donors (Lipinski definition) is 1. The van der Waals surface area contributed by atoms with E-state index in [1.54, 1.807) is 0 Å². The molecular formula is C15H22FN. The zero-order valence-corrected chi connectivity index (χ0v) is 10.4. The van der Waals surface area contributed by atoms with Crippen molar-refractivity contribution < 1.29 is 4.39 Å². The van der Waals surface area contributed by atoms with Gasteiger partial charge in [-0.1, -0.05) is 30.3 Å². The van der Waals surface area contributed by atoms with E-state index in [0.717, 1.165) is 25.7 Å². The topological polar surface area (TPSA) is 26.0 Å². The Bertz CT molecular complexity index is 338. The van der Waals surface area contributed by atoms with Crippen molar-refractivity contribution in [3.63, 3.8) is 0 Å². The summed E-state index contributed by atoms with van der Waals surface area (Å²) in [6, 6.07) is 10.4. The van der Waals surface area contributed by atoms with Gasteiger partial charge in [-0.25, -0.2) is 4.39 Å². The molecule has 0 radical (unpaired) electrons. The third-order valence-electron chi connectivity index (χ3n) is 3.76. The average molecular weight is 235 g/mol. The van der Waals surface area contributed by atoms with Gasteiger partial charge in [-0.05, 0) is 50.5 Å². The van der Waals surface area contributed by atoms with Gasteiger partial charge in [-0.15, -0.1) is 0 Å². The summed E-state index contributed by atoms with van der Waals surface area (Å²) in [5.74, 6) is 0. The fourth-order valence-electron chi connectivity index (χ4n) is 2.84. The molecular weight excluding hydrogens is 213 g/mol. The minimum Gasteiger partial charge on any atom is -0.328 e. The highest BCUT2D eigenvalue weighted by atomic mass is 19.1. The number of nitrogens with two attached hydrogens (primary N) is 1. The zero-order valence-electron chi connectivity index (χ0n) is 10.4. The molecule has 1 aliphatic rings. The summed E-state index contributed by atoms with van der Waals surface area (Å²) in [5, 5.41) is 0. The van der Waals surface area contributed by atoms with Crippen LogP contribution < -0.4 is 5.73 Å². The van der Waals surface area contributed by atoms with E-state index in [9.17, 15) is 4.39 Å². The Morgan fingerprint density at radius 1 is 1.29 bits per heavy atom. The van der Waals surface area contributed by atoms with Crippen LogP contribution in [0.5, 0.6) is 0 Å². The molecule has 2 atom stereocenters. The van der Waals surface area contributed by atoms with Crippen LogP contribution in [0.15, 0.2) is 30.3 Å². The number of benzene rings is 1. The monoisotopic (exact) mass is 235 g/mol. The maximum Gasteiger partial charge on any atom is 0.112 e. The molecule has 17 heavy (non-hydrogen) atoms. The van der Waals surface area contributed by atoms with Crippen molar-refractivity contribution >= 4 is 0 Å². The lowest BCUT2D eigenvalue weighted by Gasteiger charge is -2.33. The molecule has 1 fully saturated rings. The van der Waals surface area contributed by atoms with Crippen LogP contribution in [0, 0.1) is 0 Å². The van der Waals surface area contributed by atoms with Crippen molar-refractivity contribution in [2.75, 3.05) is 0 Å². The Hall–Kier alpha value is -0.890. The van der Waals surface area contributed by atoms with E-state index in [2.05, 4.69) is 12.1 Å². The van der Waals surface area contributed by atoms with E-state index in [0.29, 0.717) is 19.3 Å². The Kier molecular flexibility index (Phi) is 4.16. The number of hydrogen-bond acceptors (Lipinski definition) is 1. The first-order valence-corrected chi connectivity index (χ1v) is 6.66. The van der Waals surface area contributed by atoms with Crippen molar-refractivity contribution in [3.05, 3.63) is 35.9 Å². The summed E-state index contributed by atoms with van der Waals surface area (Å²) in [6.45, 7) is 0. The molecule has 1 aliphatic carbocycles. The molecule has 0 bridgehead atoms. The zero-order chi connectivity index (χ0) is 12.1. The molecule has 1 aromatic carbocycles. The van der Waals surface area contributed by atoms with Gasteiger partial charge in [0.25, 0.3) is 0 Å². The minimum absolute atomic E-state index is 0.0745. The maximum absolute atomic E-state index is 14.4. The summed E-state index contributed by atoms with van der Waals surface area (Å²) in [6.07, 6.45) is 5.76. The van der Waals surface area contributed by atoms with E-state index in [-0.39, 0.29) is 6.04 Å². The highest BCUT2D eigenvalue weighted by Gasteiger charge is 2.34. The van der Waals surface area contributed by atoms with Gasteiger partial charge < -0.3 is 5.73 Å². The lowest BCUT2D eigenvalue weighted by atomic mass is 9.80. The van der Waals surface area contributed by atoms with Crippen LogP contribution in [0.2, 0.25) is 0 Å². The fraction of sp³-hybridized carbons (Fsp3) is 0.600. The summed E-state index contributed by atoms with van der Waals surface area (Å²) in [7, 11) is 0. The van der Waals surface area contributed by atoms with Gasteiger partial charge in [-0.2, -0.15) is 0 Å². The fourth-order valence-corrected chi connectivity index (χ4v) is 2.84. The highest BCUT2D eigenvalue weighted by Crippen LogP contribution is 2.35. The smallest absolute Gasteiger partial charge is 0.112 e. The SMILES string of the molecule is NC1CCCC(F)(CCCc2ccccc2)C1. The van der Waals surface area contributed by atoms with Crippen LogP contribution >= 0.6 is 0 Å². The highest BCUT2D eigenvalue weighted by molar-refractivity contribution is 5.14. The summed E-state index contributed by atoms with van der Waals surface area (Å²) in [4.78, 5) is 0. The standard InChI is InChI=1S/C15H22FN/c16-15(11-5-9-14(17)12-15)10-4-8-13-6-2-1-3-7-13/h1-3,6-7,14H,4-5,8-12,17H2. The first kappa shape index (κ1) is 12.6. The van der Waals surface area contributed by atoms with Crippen molar-refractivity contribution in [3.8, 4) is 0 Å². The molecule has 0 aromatic heterocycles. The quantitative estimate of drug-likeness (QED) is 0.847.